The molecule has 1 aromatic rings. The Kier molecular flexibility index (Phi) is 5.24. The molecule has 0 aliphatic carbocycles. The second kappa shape index (κ2) is 6.69. The highest BCUT2D eigenvalue weighted by Gasteiger charge is 2.14. The molecule has 0 aliphatic heterocycles. The first-order valence-electron chi connectivity index (χ1n) is 5.81. The summed E-state index contributed by atoms with van der Waals surface area (Å²) in [6.07, 6.45) is 8.54. The van der Waals surface area contributed by atoms with Gasteiger partial charge in [-0.1, -0.05) is 18.2 Å². The Morgan fingerprint density at radius 2 is 2.22 bits per heavy atom. The fourth-order valence-electron chi connectivity index (χ4n) is 1.14. The average molecular weight is 249 g/mol. The van der Waals surface area contributed by atoms with Crippen LogP contribution in [0.25, 0.3) is 6.08 Å². The third-order valence-electron chi connectivity index (χ3n) is 1.81. The van der Waals surface area contributed by atoms with Crippen LogP contribution in [-0.4, -0.2) is 18.2 Å². The van der Waals surface area contributed by atoms with Gasteiger partial charge in [0.15, 0.2) is 0 Å². The van der Waals surface area contributed by atoms with Crippen molar-refractivity contribution in [2.45, 2.75) is 26.4 Å². The average Bonchev–Trinajstić information content (AvgIpc) is 2.73. The van der Waals surface area contributed by atoms with Crippen molar-refractivity contribution in [3.63, 3.8) is 0 Å². The SMILES string of the molecule is CC(C)(C)OC(=O)NC/C=C/C=Cc1ccco1. The summed E-state index contributed by atoms with van der Waals surface area (Å²) in [5.74, 6) is 0.791. The number of ether oxygens (including phenoxy) is 1. The molecule has 1 rings (SSSR count). The van der Waals surface area contributed by atoms with Crippen LogP contribution in [0.1, 0.15) is 26.5 Å². The summed E-state index contributed by atoms with van der Waals surface area (Å²) in [5, 5.41) is 2.63. The van der Waals surface area contributed by atoms with Crippen LogP contribution in [0, 0.1) is 0 Å². The lowest BCUT2D eigenvalue weighted by molar-refractivity contribution is 0.0534. The molecule has 1 aromatic heterocycles. The number of rotatable bonds is 4. The minimum Gasteiger partial charge on any atom is -0.465 e. The highest BCUT2D eigenvalue weighted by atomic mass is 16.6. The number of hydrogen-bond acceptors (Lipinski definition) is 3. The van der Waals surface area contributed by atoms with E-state index in [1.54, 1.807) is 6.26 Å². The van der Waals surface area contributed by atoms with Crippen LogP contribution in [0.15, 0.2) is 41.0 Å². The second-order valence-electron chi connectivity index (χ2n) is 4.69. The van der Waals surface area contributed by atoms with Gasteiger partial charge in [0.1, 0.15) is 11.4 Å². The standard InChI is InChI=1S/C14H19NO3/c1-14(2,3)18-13(16)15-10-6-4-5-8-12-9-7-11-17-12/h4-9,11H,10H2,1-3H3,(H,15,16)/b6-4+,8-5?. The first-order chi connectivity index (χ1) is 8.47. The number of furan rings is 1. The minimum atomic E-state index is -0.465. The monoisotopic (exact) mass is 249 g/mol. The summed E-state index contributed by atoms with van der Waals surface area (Å²) in [5.41, 5.74) is -0.465. The lowest BCUT2D eigenvalue weighted by Gasteiger charge is -2.19. The van der Waals surface area contributed by atoms with Crippen LogP contribution < -0.4 is 5.32 Å². The Balaban J connectivity index is 2.20. The summed E-state index contributed by atoms with van der Waals surface area (Å²) in [6.45, 7) is 5.91. The molecule has 0 bridgehead atoms. The summed E-state index contributed by atoms with van der Waals surface area (Å²) < 4.78 is 10.2. The number of hydrogen-bond donors (Lipinski definition) is 1. The third-order valence-corrected chi connectivity index (χ3v) is 1.81. The normalized spacial score (nSPS) is 12.2. The molecule has 98 valence electrons. The van der Waals surface area contributed by atoms with Crippen molar-refractivity contribution >= 4 is 12.2 Å². The van der Waals surface area contributed by atoms with Crippen LogP contribution in [0.2, 0.25) is 0 Å². The van der Waals surface area contributed by atoms with Crippen LogP contribution in [0.4, 0.5) is 4.79 Å². The highest BCUT2D eigenvalue weighted by Crippen LogP contribution is 2.06. The van der Waals surface area contributed by atoms with Gasteiger partial charge in [0.25, 0.3) is 0 Å². The van der Waals surface area contributed by atoms with Gasteiger partial charge < -0.3 is 14.5 Å². The number of carbonyl (C=O) groups excluding carboxylic acids is 1. The van der Waals surface area contributed by atoms with Crippen molar-refractivity contribution in [2.24, 2.45) is 0 Å². The van der Waals surface area contributed by atoms with Gasteiger partial charge in [-0.25, -0.2) is 4.79 Å². The molecule has 0 atom stereocenters. The maximum atomic E-state index is 11.3. The molecule has 1 heterocycles. The zero-order valence-electron chi connectivity index (χ0n) is 11.0. The Labute approximate surface area is 107 Å². The minimum absolute atomic E-state index is 0.415. The fraction of sp³-hybridized carbons (Fsp3) is 0.357. The van der Waals surface area contributed by atoms with Crippen molar-refractivity contribution in [3.8, 4) is 0 Å². The van der Waals surface area contributed by atoms with Crippen LogP contribution in [0.3, 0.4) is 0 Å². The fourth-order valence-corrected chi connectivity index (χ4v) is 1.14. The van der Waals surface area contributed by atoms with E-state index in [2.05, 4.69) is 5.32 Å². The van der Waals surface area contributed by atoms with Crippen LogP contribution in [-0.2, 0) is 4.74 Å². The number of nitrogens with one attached hydrogen (secondary N) is 1. The van der Waals surface area contributed by atoms with Crippen molar-refractivity contribution in [1.29, 1.82) is 0 Å². The van der Waals surface area contributed by atoms with E-state index < -0.39 is 11.7 Å². The van der Waals surface area contributed by atoms with Gasteiger partial charge in [0.05, 0.1) is 6.26 Å². The molecule has 0 fully saturated rings. The summed E-state index contributed by atoms with van der Waals surface area (Å²) in [7, 11) is 0. The van der Waals surface area contributed by atoms with E-state index in [4.69, 9.17) is 9.15 Å². The molecule has 1 N–H and O–H groups in total. The molecule has 0 radical (unpaired) electrons. The van der Waals surface area contributed by atoms with Gasteiger partial charge in [-0.05, 0) is 39.0 Å². The molecular weight excluding hydrogens is 230 g/mol. The number of carbonyl (C=O) groups is 1. The van der Waals surface area contributed by atoms with E-state index in [-0.39, 0.29) is 0 Å². The molecule has 4 nitrogen and oxygen atoms in total. The summed E-state index contributed by atoms with van der Waals surface area (Å²) >= 11 is 0. The van der Waals surface area contributed by atoms with Crippen molar-refractivity contribution in [2.75, 3.05) is 6.54 Å². The maximum Gasteiger partial charge on any atom is 0.407 e. The van der Waals surface area contributed by atoms with E-state index >= 15 is 0 Å². The number of allylic oxidation sites excluding steroid dienone is 2. The Morgan fingerprint density at radius 3 is 2.83 bits per heavy atom. The lowest BCUT2D eigenvalue weighted by Crippen LogP contribution is -2.32. The molecular formula is C14H19NO3. The molecule has 0 aliphatic rings. The Morgan fingerprint density at radius 1 is 1.44 bits per heavy atom. The molecule has 0 unspecified atom stereocenters. The van der Waals surface area contributed by atoms with Gasteiger partial charge in [-0.15, -0.1) is 0 Å². The lowest BCUT2D eigenvalue weighted by atomic mass is 10.2. The van der Waals surface area contributed by atoms with Gasteiger partial charge in [-0.3, -0.25) is 0 Å². The van der Waals surface area contributed by atoms with Crippen LogP contribution >= 0.6 is 0 Å². The summed E-state index contributed by atoms with van der Waals surface area (Å²) in [6, 6.07) is 3.69. The predicted molar refractivity (Wildman–Crippen MR) is 71.1 cm³/mol. The van der Waals surface area contributed by atoms with Gasteiger partial charge in [0.2, 0.25) is 0 Å². The van der Waals surface area contributed by atoms with Crippen LogP contribution in [0.5, 0.6) is 0 Å². The number of alkyl carbamates (subject to hydrolysis) is 1. The molecule has 0 saturated heterocycles. The van der Waals surface area contributed by atoms with Gasteiger partial charge in [-0.2, -0.15) is 0 Å². The zero-order valence-corrected chi connectivity index (χ0v) is 11.0. The Hall–Kier alpha value is -1.97. The topological polar surface area (TPSA) is 51.5 Å². The molecule has 4 heteroatoms. The van der Waals surface area contributed by atoms with E-state index in [0.29, 0.717) is 6.54 Å². The van der Waals surface area contributed by atoms with Gasteiger partial charge in [0, 0.05) is 6.54 Å². The molecule has 0 aromatic carbocycles. The second-order valence-corrected chi connectivity index (χ2v) is 4.69. The molecule has 18 heavy (non-hydrogen) atoms. The Bertz CT molecular complexity index is 411. The molecule has 1 amide bonds. The van der Waals surface area contributed by atoms with Crippen molar-refractivity contribution in [1.82, 2.24) is 5.32 Å². The first-order valence-corrected chi connectivity index (χ1v) is 5.81. The third kappa shape index (κ3) is 6.58. The van der Waals surface area contributed by atoms with E-state index in [1.807, 2.05) is 57.2 Å². The smallest absolute Gasteiger partial charge is 0.407 e. The van der Waals surface area contributed by atoms with Crippen molar-refractivity contribution < 1.29 is 13.9 Å². The molecule has 0 spiro atoms. The first kappa shape index (κ1) is 14.1. The zero-order chi connectivity index (χ0) is 13.4. The largest absolute Gasteiger partial charge is 0.465 e. The molecule has 0 saturated carbocycles. The number of amides is 1. The summed E-state index contributed by atoms with van der Waals surface area (Å²) in [4.78, 5) is 11.3. The van der Waals surface area contributed by atoms with E-state index in [1.165, 1.54) is 0 Å². The predicted octanol–water partition coefficient (Wildman–Crippen LogP) is 3.37. The maximum absolute atomic E-state index is 11.3. The van der Waals surface area contributed by atoms with E-state index in [9.17, 15) is 4.79 Å². The van der Waals surface area contributed by atoms with Crippen molar-refractivity contribution in [3.05, 3.63) is 42.4 Å². The van der Waals surface area contributed by atoms with E-state index in [0.717, 1.165) is 5.76 Å². The quantitative estimate of drug-likeness (QED) is 0.832. The van der Waals surface area contributed by atoms with Gasteiger partial charge >= 0.3 is 6.09 Å². The highest BCUT2D eigenvalue weighted by molar-refractivity contribution is 5.67.